The number of rotatable bonds is 4. The van der Waals surface area contributed by atoms with Gasteiger partial charge in [0.15, 0.2) is 0 Å². The number of carbonyl (C=O) groups excluding carboxylic acids is 1. The Bertz CT molecular complexity index is 830. The van der Waals surface area contributed by atoms with Crippen LogP contribution in [0.3, 0.4) is 0 Å². The summed E-state index contributed by atoms with van der Waals surface area (Å²) in [4.78, 5) is 12.2. The summed E-state index contributed by atoms with van der Waals surface area (Å²) in [6.45, 7) is 3.92. The van der Waals surface area contributed by atoms with Gasteiger partial charge in [-0.2, -0.15) is 0 Å². The topological polar surface area (TPSA) is 41.1 Å². The van der Waals surface area contributed by atoms with Crippen LogP contribution in [0.1, 0.15) is 22.3 Å². The number of hydrogen-bond donors (Lipinski definition) is 2. The smallest absolute Gasteiger partial charge is 0.251 e. The van der Waals surface area contributed by atoms with Crippen LogP contribution in [0, 0.1) is 18.6 Å². The Morgan fingerprint density at radius 1 is 1.16 bits per heavy atom. The largest absolute Gasteiger partial charge is 0.348 e. The second kappa shape index (κ2) is 7.57. The van der Waals surface area contributed by atoms with Gasteiger partial charge in [-0.25, -0.2) is 8.78 Å². The van der Waals surface area contributed by atoms with Crippen LogP contribution in [0.15, 0.2) is 48.0 Å². The quantitative estimate of drug-likeness (QED) is 0.834. The van der Waals surface area contributed by atoms with Crippen LogP contribution in [0.2, 0.25) is 0 Å². The minimum atomic E-state index is -0.497. The molecule has 0 atom stereocenters. The fourth-order valence-electron chi connectivity index (χ4n) is 2.93. The zero-order valence-electron chi connectivity index (χ0n) is 14.0. The summed E-state index contributed by atoms with van der Waals surface area (Å²) in [6.07, 6.45) is 2.96. The summed E-state index contributed by atoms with van der Waals surface area (Å²) < 4.78 is 27.7. The first-order valence-corrected chi connectivity index (χ1v) is 8.27. The van der Waals surface area contributed by atoms with Gasteiger partial charge >= 0.3 is 0 Å². The van der Waals surface area contributed by atoms with Crippen molar-refractivity contribution in [3.8, 4) is 11.1 Å². The summed E-state index contributed by atoms with van der Waals surface area (Å²) in [5.41, 5.74) is 3.07. The first kappa shape index (κ1) is 17.3. The first-order valence-electron chi connectivity index (χ1n) is 8.27. The van der Waals surface area contributed by atoms with Crippen molar-refractivity contribution in [1.82, 2.24) is 10.6 Å². The Morgan fingerprint density at radius 2 is 1.96 bits per heavy atom. The van der Waals surface area contributed by atoms with Gasteiger partial charge < -0.3 is 10.6 Å². The predicted molar refractivity (Wildman–Crippen MR) is 94.4 cm³/mol. The number of halogens is 2. The van der Waals surface area contributed by atoms with Crippen LogP contribution in [0.25, 0.3) is 11.1 Å². The van der Waals surface area contributed by atoms with Crippen molar-refractivity contribution in [2.75, 3.05) is 19.6 Å². The fraction of sp³-hybridized carbons (Fsp3) is 0.250. The lowest BCUT2D eigenvalue weighted by molar-refractivity contribution is 0.0956. The summed E-state index contributed by atoms with van der Waals surface area (Å²) in [6, 6.07) is 8.59. The van der Waals surface area contributed by atoms with Crippen LogP contribution in [-0.2, 0) is 0 Å². The predicted octanol–water partition coefficient (Wildman–Crippen LogP) is 3.59. The van der Waals surface area contributed by atoms with E-state index in [1.165, 1.54) is 23.8 Å². The molecule has 0 aromatic heterocycles. The van der Waals surface area contributed by atoms with Gasteiger partial charge in [0, 0.05) is 24.2 Å². The van der Waals surface area contributed by atoms with Gasteiger partial charge in [0.1, 0.15) is 11.6 Å². The maximum Gasteiger partial charge on any atom is 0.251 e. The summed E-state index contributed by atoms with van der Waals surface area (Å²) in [7, 11) is 0. The van der Waals surface area contributed by atoms with Crippen LogP contribution in [0.4, 0.5) is 8.78 Å². The zero-order chi connectivity index (χ0) is 17.8. The fourth-order valence-corrected chi connectivity index (χ4v) is 2.93. The number of aryl methyl sites for hydroxylation is 1. The highest BCUT2D eigenvalue weighted by Gasteiger charge is 2.13. The third kappa shape index (κ3) is 4.12. The Hall–Kier alpha value is -2.53. The summed E-state index contributed by atoms with van der Waals surface area (Å²) in [5.74, 6) is -1.16. The molecule has 0 bridgehead atoms. The third-order valence-corrected chi connectivity index (χ3v) is 4.34. The molecule has 5 heteroatoms. The van der Waals surface area contributed by atoms with E-state index >= 15 is 0 Å². The van der Waals surface area contributed by atoms with Gasteiger partial charge in [-0.05, 0) is 55.3 Å². The Labute approximate surface area is 145 Å². The SMILES string of the molecule is Cc1cc(F)ccc1-c1ccc(C(=O)NCC2=CCNCC2)cc1F. The second-order valence-corrected chi connectivity index (χ2v) is 6.15. The van der Waals surface area contributed by atoms with Crippen molar-refractivity contribution < 1.29 is 13.6 Å². The van der Waals surface area contributed by atoms with Gasteiger partial charge in [-0.15, -0.1) is 0 Å². The molecule has 0 spiro atoms. The molecule has 2 N–H and O–H groups in total. The van der Waals surface area contributed by atoms with Crippen molar-refractivity contribution in [3.05, 3.63) is 70.8 Å². The van der Waals surface area contributed by atoms with E-state index in [0.717, 1.165) is 19.5 Å². The van der Waals surface area contributed by atoms with E-state index in [-0.39, 0.29) is 17.3 Å². The number of carbonyl (C=O) groups is 1. The number of amides is 1. The van der Waals surface area contributed by atoms with Crippen molar-refractivity contribution >= 4 is 5.91 Å². The molecule has 3 nitrogen and oxygen atoms in total. The molecule has 0 aliphatic carbocycles. The summed E-state index contributed by atoms with van der Waals surface area (Å²) in [5, 5.41) is 6.03. The van der Waals surface area contributed by atoms with E-state index < -0.39 is 5.82 Å². The highest BCUT2D eigenvalue weighted by Crippen LogP contribution is 2.27. The minimum Gasteiger partial charge on any atom is -0.348 e. The maximum absolute atomic E-state index is 14.5. The summed E-state index contributed by atoms with van der Waals surface area (Å²) >= 11 is 0. The van der Waals surface area contributed by atoms with Crippen LogP contribution < -0.4 is 10.6 Å². The molecule has 0 fully saturated rings. The van der Waals surface area contributed by atoms with Gasteiger partial charge in [-0.1, -0.05) is 23.8 Å². The van der Waals surface area contributed by atoms with Crippen LogP contribution >= 0.6 is 0 Å². The van der Waals surface area contributed by atoms with Crippen LogP contribution in [0.5, 0.6) is 0 Å². The van der Waals surface area contributed by atoms with E-state index in [1.54, 1.807) is 25.1 Å². The molecule has 1 heterocycles. The molecule has 130 valence electrons. The second-order valence-electron chi connectivity index (χ2n) is 6.15. The molecule has 0 saturated carbocycles. The molecule has 0 saturated heterocycles. The van der Waals surface area contributed by atoms with Crippen molar-refractivity contribution in [2.24, 2.45) is 0 Å². The maximum atomic E-state index is 14.5. The number of hydrogen-bond acceptors (Lipinski definition) is 2. The highest BCUT2D eigenvalue weighted by molar-refractivity contribution is 5.95. The molecule has 25 heavy (non-hydrogen) atoms. The average Bonchev–Trinajstić information content (AvgIpc) is 2.61. The Balaban J connectivity index is 1.74. The van der Waals surface area contributed by atoms with Crippen molar-refractivity contribution in [1.29, 1.82) is 0 Å². The zero-order valence-corrected chi connectivity index (χ0v) is 14.0. The number of nitrogens with one attached hydrogen (secondary N) is 2. The monoisotopic (exact) mass is 342 g/mol. The average molecular weight is 342 g/mol. The highest BCUT2D eigenvalue weighted by atomic mass is 19.1. The Kier molecular flexibility index (Phi) is 5.24. The lowest BCUT2D eigenvalue weighted by Gasteiger charge is -2.15. The van der Waals surface area contributed by atoms with Gasteiger partial charge in [0.05, 0.1) is 0 Å². The third-order valence-electron chi connectivity index (χ3n) is 4.34. The van der Waals surface area contributed by atoms with Crippen molar-refractivity contribution in [3.63, 3.8) is 0 Å². The number of benzene rings is 2. The molecule has 1 amide bonds. The molecule has 3 rings (SSSR count). The van der Waals surface area contributed by atoms with E-state index in [4.69, 9.17) is 0 Å². The minimum absolute atomic E-state index is 0.274. The van der Waals surface area contributed by atoms with Crippen molar-refractivity contribution in [2.45, 2.75) is 13.3 Å². The molecule has 2 aromatic rings. The van der Waals surface area contributed by atoms with E-state index in [1.807, 2.05) is 0 Å². The Morgan fingerprint density at radius 3 is 2.64 bits per heavy atom. The molecule has 1 aliphatic heterocycles. The van der Waals surface area contributed by atoms with E-state index in [0.29, 0.717) is 23.2 Å². The van der Waals surface area contributed by atoms with Gasteiger partial charge in [0.2, 0.25) is 0 Å². The van der Waals surface area contributed by atoms with Gasteiger partial charge in [-0.3, -0.25) is 4.79 Å². The van der Waals surface area contributed by atoms with E-state index in [9.17, 15) is 13.6 Å². The standard InChI is InChI=1S/C20H20F2N2O/c1-13-10-16(21)3-5-17(13)18-4-2-15(11-19(18)22)20(25)24-12-14-6-8-23-9-7-14/h2-6,10-11,23H,7-9,12H2,1H3,(H,24,25). The molecule has 1 aliphatic rings. The molecule has 0 unspecified atom stereocenters. The first-order chi connectivity index (χ1) is 12.0. The molecular formula is C20H20F2N2O. The lowest BCUT2D eigenvalue weighted by atomic mass is 9.98. The van der Waals surface area contributed by atoms with E-state index in [2.05, 4.69) is 16.7 Å². The molecular weight excluding hydrogens is 322 g/mol. The molecule has 2 aromatic carbocycles. The van der Waals surface area contributed by atoms with Gasteiger partial charge in [0.25, 0.3) is 5.91 Å². The van der Waals surface area contributed by atoms with Crippen LogP contribution in [-0.4, -0.2) is 25.5 Å². The molecule has 0 radical (unpaired) electrons. The lowest BCUT2D eigenvalue weighted by Crippen LogP contribution is -2.29. The normalized spacial score (nSPS) is 14.1.